The summed E-state index contributed by atoms with van der Waals surface area (Å²) in [5.41, 5.74) is 8.68. The van der Waals surface area contributed by atoms with E-state index in [0.29, 0.717) is 12.5 Å². The number of aryl methyl sites for hydroxylation is 1. The second-order valence-corrected chi connectivity index (χ2v) is 4.08. The van der Waals surface area contributed by atoms with Gasteiger partial charge in [-0.3, -0.25) is 4.68 Å². The Morgan fingerprint density at radius 1 is 1.47 bits per heavy atom. The highest BCUT2D eigenvalue weighted by atomic mass is 15.3. The van der Waals surface area contributed by atoms with Crippen molar-refractivity contribution in [2.24, 2.45) is 12.8 Å². The zero-order valence-electron chi connectivity index (χ0n) is 9.36. The first-order valence-corrected chi connectivity index (χ1v) is 5.15. The van der Waals surface area contributed by atoms with Crippen LogP contribution in [0.15, 0.2) is 12.3 Å². The Labute approximate surface area is 89.1 Å². The Bertz CT molecular complexity index is 485. The lowest BCUT2D eigenvalue weighted by Gasteiger charge is -2.05. The molecule has 0 amide bonds. The van der Waals surface area contributed by atoms with E-state index in [2.05, 4.69) is 30.0 Å². The molecule has 0 bridgehead atoms. The molecule has 0 fully saturated rings. The molecular weight excluding hydrogens is 188 g/mol. The van der Waals surface area contributed by atoms with Crippen LogP contribution >= 0.6 is 0 Å². The fourth-order valence-corrected chi connectivity index (χ4v) is 1.94. The van der Waals surface area contributed by atoms with Crippen LogP contribution in [-0.4, -0.2) is 14.8 Å². The number of hydrogen-bond acceptors (Lipinski definition) is 3. The van der Waals surface area contributed by atoms with Crippen molar-refractivity contribution in [3.8, 4) is 0 Å². The van der Waals surface area contributed by atoms with Crippen molar-refractivity contribution in [2.75, 3.05) is 0 Å². The summed E-state index contributed by atoms with van der Waals surface area (Å²) in [6.07, 6.45) is 1.79. The summed E-state index contributed by atoms with van der Waals surface area (Å²) in [6.45, 7) is 4.84. The highest BCUT2D eigenvalue weighted by molar-refractivity contribution is 5.79. The van der Waals surface area contributed by atoms with Crippen LogP contribution in [0.5, 0.6) is 0 Å². The van der Waals surface area contributed by atoms with Gasteiger partial charge in [0.15, 0.2) is 5.65 Å². The molecule has 2 heterocycles. The average Bonchev–Trinajstić information content (AvgIpc) is 2.52. The lowest BCUT2D eigenvalue weighted by molar-refractivity contribution is 0.676. The smallest absolute Gasteiger partial charge is 0.181 e. The second-order valence-electron chi connectivity index (χ2n) is 4.08. The van der Waals surface area contributed by atoms with Crippen molar-refractivity contribution >= 4 is 11.0 Å². The number of pyridine rings is 1. The predicted molar refractivity (Wildman–Crippen MR) is 60.5 cm³/mol. The Morgan fingerprint density at radius 2 is 2.20 bits per heavy atom. The maximum absolute atomic E-state index is 5.61. The third-order valence-corrected chi connectivity index (χ3v) is 2.58. The molecule has 0 aliphatic rings. The topological polar surface area (TPSA) is 56.7 Å². The maximum atomic E-state index is 5.61. The molecule has 80 valence electrons. The molecule has 0 atom stereocenters. The molecule has 2 aromatic rings. The van der Waals surface area contributed by atoms with E-state index in [9.17, 15) is 0 Å². The second kappa shape index (κ2) is 3.62. The molecule has 4 nitrogen and oxygen atoms in total. The van der Waals surface area contributed by atoms with Gasteiger partial charge < -0.3 is 5.73 Å². The monoisotopic (exact) mass is 204 g/mol. The summed E-state index contributed by atoms with van der Waals surface area (Å²) in [6, 6.07) is 2.09. The Kier molecular flexibility index (Phi) is 2.44. The third kappa shape index (κ3) is 1.61. The predicted octanol–water partition coefficient (Wildman–Crippen LogP) is 1.55. The largest absolute Gasteiger partial charge is 0.326 e. The Morgan fingerprint density at radius 3 is 2.80 bits per heavy atom. The van der Waals surface area contributed by atoms with Crippen LogP contribution in [-0.2, 0) is 13.6 Å². The van der Waals surface area contributed by atoms with Gasteiger partial charge in [-0.05, 0) is 17.5 Å². The molecule has 0 saturated carbocycles. The zero-order chi connectivity index (χ0) is 11.0. The van der Waals surface area contributed by atoms with Crippen LogP contribution in [0.25, 0.3) is 11.0 Å². The quantitative estimate of drug-likeness (QED) is 0.807. The first-order valence-electron chi connectivity index (χ1n) is 5.15. The summed E-state index contributed by atoms with van der Waals surface area (Å²) in [7, 11) is 1.96. The molecule has 2 aromatic heterocycles. The summed E-state index contributed by atoms with van der Waals surface area (Å²) in [5.74, 6) is 0.440. The van der Waals surface area contributed by atoms with Gasteiger partial charge in [0, 0.05) is 25.2 Å². The van der Waals surface area contributed by atoms with Crippen LogP contribution < -0.4 is 5.73 Å². The minimum Gasteiger partial charge on any atom is -0.326 e. The van der Waals surface area contributed by atoms with E-state index in [0.717, 1.165) is 16.6 Å². The van der Waals surface area contributed by atoms with E-state index < -0.39 is 0 Å². The zero-order valence-corrected chi connectivity index (χ0v) is 9.36. The van der Waals surface area contributed by atoms with E-state index in [4.69, 9.17) is 5.73 Å². The van der Waals surface area contributed by atoms with Crippen molar-refractivity contribution in [3.05, 3.63) is 23.5 Å². The molecule has 15 heavy (non-hydrogen) atoms. The number of aromatic nitrogens is 3. The van der Waals surface area contributed by atoms with Crippen molar-refractivity contribution in [1.82, 2.24) is 14.8 Å². The maximum Gasteiger partial charge on any atom is 0.181 e. The standard InChI is InChI=1S/C11H16N4/c1-7(2)10-9-4-8(5-12)6-13-11(9)14-15(10)3/h4,6-7H,5,12H2,1-3H3. The molecule has 2 rings (SSSR count). The van der Waals surface area contributed by atoms with Gasteiger partial charge in [0.05, 0.1) is 5.69 Å². The van der Waals surface area contributed by atoms with E-state index in [1.54, 1.807) is 6.20 Å². The molecule has 4 heteroatoms. The molecule has 2 N–H and O–H groups in total. The number of nitrogens with zero attached hydrogens (tertiary/aromatic N) is 3. The van der Waals surface area contributed by atoms with Gasteiger partial charge in [-0.25, -0.2) is 4.98 Å². The van der Waals surface area contributed by atoms with Gasteiger partial charge in [-0.1, -0.05) is 13.8 Å². The van der Waals surface area contributed by atoms with Gasteiger partial charge in [-0.2, -0.15) is 5.10 Å². The van der Waals surface area contributed by atoms with E-state index in [-0.39, 0.29) is 0 Å². The number of fused-ring (bicyclic) bond motifs is 1. The summed E-state index contributed by atoms with van der Waals surface area (Å²) < 4.78 is 1.91. The molecule has 0 aromatic carbocycles. The third-order valence-electron chi connectivity index (χ3n) is 2.58. The number of hydrogen-bond donors (Lipinski definition) is 1. The fraction of sp³-hybridized carbons (Fsp3) is 0.455. The molecule has 0 radical (unpaired) electrons. The van der Waals surface area contributed by atoms with E-state index >= 15 is 0 Å². The summed E-state index contributed by atoms with van der Waals surface area (Å²) in [4.78, 5) is 4.30. The summed E-state index contributed by atoms with van der Waals surface area (Å²) >= 11 is 0. The van der Waals surface area contributed by atoms with Gasteiger partial charge >= 0.3 is 0 Å². The first kappa shape index (κ1) is 10.1. The lowest BCUT2D eigenvalue weighted by atomic mass is 10.1. The van der Waals surface area contributed by atoms with Crippen molar-refractivity contribution in [1.29, 1.82) is 0 Å². The van der Waals surface area contributed by atoms with E-state index in [1.807, 2.05) is 11.7 Å². The fourth-order valence-electron chi connectivity index (χ4n) is 1.94. The van der Waals surface area contributed by atoms with Crippen LogP contribution in [0, 0.1) is 0 Å². The first-order chi connectivity index (χ1) is 7.13. The highest BCUT2D eigenvalue weighted by Crippen LogP contribution is 2.23. The summed E-state index contributed by atoms with van der Waals surface area (Å²) in [5, 5.41) is 5.50. The highest BCUT2D eigenvalue weighted by Gasteiger charge is 2.13. The van der Waals surface area contributed by atoms with Crippen molar-refractivity contribution < 1.29 is 0 Å². The lowest BCUT2D eigenvalue weighted by Crippen LogP contribution is -2.00. The van der Waals surface area contributed by atoms with Gasteiger partial charge in [0.2, 0.25) is 0 Å². The van der Waals surface area contributed by atoms with Crippen molar-refractivity contribution in [2.45, 2.75) is 26.3 Å². The number of nitrogens with two attached hydrogens (primary N) is 1. The van der Waals surface area contributed by atoms with Gasteiger partial charge in [-0.15, -0.1) is 0 Å². The van der Waals surface area contributed by atoms with Crippen LogP contribution in [0.2, 0.25) is 0 Å². The normalized spacial score (nSPS) is 11.5. The van der Waals surface area contributed by atoms with Gasteiger partial charge in [0.25, 0.3) is 0 Å². The minimum atomic E-state index is 0.440. The van der Waals surface area contributed by atoms with Crippen LogP contribution in [0.1, 0.15) is 31.0 Å². The Balaban J connectivity index is 2.72. The molecule has 0 saturated heterocycles. The molecular formula is C11H16N4. The van der Waals surface area contributed by atoms with Crippen molar-refractivity contribution in [3.63, 3.8) is 0 Å². The van der Waals surface area contributed by atoms with Crippen LogP contribution in [0.4, 0.5) is 0 Å². The Hall–Kier alpha value is -1.42. The SMILES string of the molecule is CC(C)c1c2cc(CN)cnc2nn1C. The minimum absolute atomic E-state index is 0.440. The van der Waals surface area contributed by atoms with Gasteiger partial charge in [0.1, 0.15) is 0 Å². The molecule has 0 unspecified atom stereocenters. The number of rotatable bonds is 2. The molecule has 0 spiro atoms. The van der Waals surface area contributed by atoms with E-state index in [1.165, 1.54) is 5.69 Å². The van der Waals surface area contributed by atoms with Crippen LogP contribution in [0.3, 0.4) is 0 Å². The molecule has 0 aliphatic heterocycles. The average molecular weight is 204 g/mol. The molecule has 0 aliphatic carbocycles.